The summed E-state index contributed by atoms with van der Waals surface area (Å²) < 4.78 is 4.66. The Morgan fingerprint density at radius 2 is 2.00 bits per heavy atom. The Balaban J connectivity index is 2.24. The topological polar surface area (TPSA) is 59.0 Å². The van der Waals surface area contributed by atoms with Gasteiger partial charge < -0.3 is 4.74 Å². The van der Waals surface area contributed by atoms with Crippen molar-refractivity contribution in [3.63, 3.8) is 0 Å². The lowest BCUT2D eigenvalue weighted by molar-refractivity contribution is -0.122. The highest BCUT2D eigenvalue weighted by atomic mass is 32.2. The van der Waals surface area contributed by atoms with Gasteiger partial charge in [-0.15, -0.1) is 0 Å². The highest BCUT2D eigenvalue weighted by molar-refractivity contribution is 8.18. The summed E-state index contributed by atoms with van der Waals surface area (Å²) in [5, 5.41) is 0.743. The molecule has 0 aromatic heterocycles. The van der Waals surface area contributed by atoms with Crippen LogP contribution >= 0.6 is 11.8 Å². The molecule has 0 unspecified atom stereocenters. The molecule has 1 saturated heterocycles. The molecule has 1 heterocycles. The number of carbonyl (C=O) groups is 2. The smallest absolute Gasteiger partial charge is 0.337 e. The van der Waals surface area contributed by atoms with E-state index in [1.165, 1.54) is 18.9 Å². The van der Waals surface area contributed by atoms with Gasteiger partial charge in [0, 0.05) is 13.1 Å². The molecule has 0 N–H and O–H groups in total. The van der Waals surface area contributed by atoms with Crippen molar-refractivity contribution in [2.24, 2.45) is 4.99 Å². The number of thioether (sulfide) groups is 1. The molecule has 0 aliphatic carbocycles. The first kappa shape index (κ1) is 16.3. The maximum Gasteiger partial charge on any atom is 0.337 e. The van der Waals surface area contributed by atoms with Crippen LogP contribution in [-0.4, -0.2) is 42.1 Å². The summed E-state index contributed by atoms with van der Waals surface area (Å²) in [6, 6.07) is 6.94. The molecule has 0 radical (unpaired) electrons. The minimum absolute atomic E-state index is 0.0308. The second-order valence-corrected chi connectivity index (χ2v) is 5.54. The molecule has 5 nitrogen and oxygen atoms in total. The van der Waals surface area contributed by atoms with Crippen LogP contribution in [0, 0.1) is 0 Å². The van der Waals surface area contributed by atoms with Crippen LogP contribution in [-0.2, 0) is 9.53 Å². The van der Waals surface area contributed by atoms with Crippen molar-refractivity contribution >= 4 is 34.9 Å². The van der Waals surface area contributed by atoms with Gasteiger partial charge in [0.2, 0.25) is 0 Å². The van der Waals surface area contributed by atoms with E-state index in [9.17, 15) is 9.59 Å². The first-order chi connectivity index (χ1) is 10.6. The monoisotopic (exact) mass is 318 g/mol. The van der Waals surface area contributed by atoms with E-state index in [0.717, 1.165) is 10.7 Å². The summed E-state index contributed by atoms with van der Waals surface area (Å²) in [6.07, 6.45) is 1.81. The van der Waals surface area contributed by atoms with Gasteiger partial charge in [0.25, 0.3) is 5.91 Å². The SMILES string of the molecule is CCN=C1SC(=Cc2ccc(C(=O)OC)cc2)C(=O)N1CC. The van der Waals surface area contributed by atoms with E-state index in [-0.39, 0.29) is 11.9 Å². The fourth-order valence-electron chi connectivity index (χ4n) is 2.02. The van der Waals surface area contributed by atoms with Crippen molar-refractivity contribution in [2.75, 3.05) is 20.2 Å². The van der Waals surface area contributed by atoms with Gasteiger partial charge in [-0.25, -0.2) is 4.79 Å². The van der Waals surface area contributed by atoms with E-state index in [1.54, 1.807) is 29.2 Å². The molecule has 22 heavy (non-hydrogen) atoms. The second-order valence-electron chi connectivity index (χ2n) is 4.53. The number of rotatable bonds is 4. The number of nitrogens with zero attached hydrogens (tertiary/aromatic N) is 2. The average molecular weight is 318 g/mol. The number of benzene rings is 1. The molecule has 1 aromatic rings. The normalized spacial score (nSPS) is 18.3. The number of carbonyl (C=O) groups excluding carboxylic acids is 2. The maximum absolute atomic E-state index is 12.3. The molecule has 0 bridgehead atoms. The Morgan fingerprint density at radius 3 is 2.55 bits per heavy atom. The van der Waals surface area contributed by atoms with Crippen LogP contribution in [0.3, 0.4) is 0 Å². The highest BCUT2D eigenvalue weighted by Gasteiger charge is 2.31. The standard InChI is InChI=1S/C16H18N2O3S/c1-4-17-16-18(5-2)14(19)13(22-16)10-11-6-8-12(9-7-11)15(20)21-3/h6-10H,4-5H2,1-3H3. The lowest BCUT2D eigenvalue weighted by atomic mass is 10.1. The van der Waals surface area contributed by atoms with Crippen molar-refractivity contribution in [1.29, 1.82) is 0 Å². The van der Waals surface area contributed by atoms with Gasteiger partial charge in [0.15, 0.2) is 5.17 Å². The van der Waals surface area contributed by atoms with Crippen molar-refractivity contribution in [1.82, 2.24) is 4.90 Å². The molecule has 6 heteroatoms. The zero-order chi connectivity index (χ0) is 16.1. The van der Waals surface area contributed by atoms with Crippen molar-refractivity contribution in [2.45, 2.75) is 13.8 Å². The predicted molar refractivity (Wildman–Crippen MR) is 88.7 cm³/mol. The number of aliphatic imine (C=N–C) groups is 1. The summed E-state index contributed by atoms with van der Waals surface area (Å²) in [4.78, 5) is 30.4. The molecular formula is C16H18N2O3S. The molecular weight excluding hydrogens is 300 g/mol. The van der Waals surface area contributed by atoms with Crippen molar-refractivity contribution in [3.05, 3.63) is 40.3 Å². The van der Waals surface area contributed by atoms with Gasteiger partial charge in [0.05, 0.1) is 17.6 Å². The molecule has 1 aromatic carbocycles. The zero-order valence-electron chi connectivity index (χ0n) is 12.8. The fraction of sp³-hybridized carbons (Fsp3) is 0.312. The number of ether oxygens (including phenoxy) is 1. The Bertz CT molecular complexity index is 635. The summed E-state index contributed by atoms with van der Waals surface area (Å²) in [6.45, 7) is 5.12. The van der Waals surface area contributed by atoms with Crippen LogP contribution in [0.15, 0.2) is 34.2 Å². The van der Waals surface area contributed by atoms with E-state index < -0.39 is 0 Å². The molecule has 0 atom stereocenters. The zero-order valence-corrected chi connectivity index (χ0v) is 13.6. The number of hydrogen-bond acceptors (Lipinski definition) is 5. The molecule has 1 amide bonds. The number of likely N-dealkylation sites (N-methyl/N-ethyl adjacent to an activating group) is 1. The average Bonchev–Trinajstić information content (AvgIpc) is 2.83. The van der Waals surface area contributed by atoms with Crippen LogP contribution < -0.4 is 0 Å². The molecule has 1 aliphatic rings. The third kappa shape index (κ3) is 3.39. The van der Waals surface area contributed by atoms with E-state index in [0.29, 0.717) is 23.6 Å². The first-order valence-electron chi connectivity index (χ1n) is 7.05. The van der Waals surface area contributed by atoms with Crippen LogP contribution in [0.2, 0.25) is 0 Å². The van der Waals surface area contributed by atoms with Gasteiger partial charge in [-0.3, -0.25) is 14.7 Å². The summed E-state index contributed by atoms with van der Waals surface area (Å²) in [5.74, 6) is -0.406. The van der Waals surface area contributed by atoms with Gasteiger partial charge >= 0.3 is 5.97 Å². The number of hydrogen-bond donors (Lipinski definition) is 0. The van der Waals surface area contributed by atoms with Gasteiger partial charge in [-0.1, -0.05) is 12.1 Å². The first-order valence-corrected chi connectivity index (χ1v) is 7.86. The van der Waals surface area contributed by atoms with E-state index in [2.05, 4.69) is 9.73 Å². The minimum Gasteiger partial charge on any atom is -0.465 e. The minimum atomic E-state index is -0.375. The third-order valence-corrected chi connectivity index (χ3v) is 4.17. The number of esters is 1. The highest BCUT2D eigenvalue weighted by Crippen LogP contribution is 2.32. The maximum atomic E-state index is 12.3. The lowest BCUT2D eigenvalue weighted by Gasteiger charge is -2.11. The van der Waals surface area contributed by atoms with E-state index >= 15 is 0 Å². The fourth-order valence-corrected chi connectivity index (χ4v) is 3.13. The number of methoxy groups -OCH3 is 1. The Labute approximate surface area is 134 Å². The predicted octanol–water partition coefficient (Wildman–Crippen LogP) is 2.79. The van der Waals surface area contributed by atoms with Gasteiger partial charge in [-0.2, -0.15) is 0 Å². The molecule has 1 fully saturated rings. The van der Waals surface area contributed by atoms with Gasteiger partial charge in [-0.05, 0) is 49.4 Å². The largest absolute Gasteiger partial charge is 0.465 e. The number of amides is 1. The van der Waals surface area contributed by atoms with Crippen LogP contribution in [0.4, 0.5) is 0 Å². The molecule has 0 spiro atoms. The summed E-state index contributed by atoms with van der Waals surface area (Å²) in [5.41, 5.74) is 1.34. The Kier molecular flexibility index (Phi) is 5.38. The molecule has 2 rings (SSSR count). The Hall–Kier alpha value is -2.08. The van der Waals surface area contributed by atoms with Crippen molar-refractivity contribution < 1.29 is 14.3 Å². The van der Waals surface area contributed by atoms with Crippen LogP contribution in [0.5, 0.6) is 0 Å². The quantitative estimate of drug-likeness (QED) is 0.633. The number of amidine groups is 1. The molecule has 1 aliphatic heterocycles. The summed E-state index contributed by atoms with van der Waals surface area (Å²) >= 11 is 1.38. The van der Waals surface area contributed by atoms with E-state index in [4.69, 9.17) is 0 Å². The van der Waals surface area contributed by atoms with Crippen molar-refractivity contribution in [3.8, 4) is 0 Å². The lowest BCUT2D eigenvalue weighted by Crippen LogP contribution is -2.28. The molecule has 0 saturated carbocycles. The summed E-state index contributed by atoms with van der Waals surface area (Å²) in [7, 11) is 1.35. The second kappa shape index (κ2) is 7.26. The van der Waals surface area contributed by atoms with Crippen LogP contribution in [0.25, 0.3) is 6.08 Å². The van der Waals surface area contributed by atoms with E-state index in [1.807, 2.05) is 19.9 Å². The molecule has 116 valence electrons. The Morgan fingerprint density at radius 1 is 1.32 bits per heavy atom. The van der Waals surface area contributed by atoms with Gasteiger partial charge in [0.1, 0.15) is 0 Å². The van der Waals surface area contributed by atoms with Crippen LogP contribution in [0.1, 0.15) is 29.8 Å². The third-order valence-electron chi connectivity index (χ3n) is 3.13.